The minimum Gasteiger partial charge on any atom is -0.490 e. The second kappa shape index (κ2) is 15.8. The monoisotopic (exact) mass is 402 g/mol. The second-order valence-electron chi connectivity index (χ2n) is 8.90. The minimum atomic E-state index is 0.327. The summed E-state index contributed by atoms with van der Waals surface area (Å²) in [5, 5.41) is 0. The van der Waals surface area contributed by atoms with E-state index in [0.29, 0.717) is 12.7 Å². The highest BCUT2D eigenvalue weighted by atomic mass is 16.6. The Morgan fingerprint density at radius 3 is 1.90 bits per heavy atom. The Morgan fingerprint density at radius 1 is 0.759 bits per heavy atom. The Balaban J connectivity index is 1.79. The van der Waals surface area contributed by atoms with E-state index >= 15 is 0 Å². The smallest absolute Gasteiger partial charge is 0.122 e. The molecule has 0 aromatic heterocycles. The average Bonchev–Trinajstić information content (AvgIpc) is 3.56. The zero-order chi connectivity index (χ0) is 20.6. The fourth-order valence-electron chi connectivity index (χ4n) is 4.14. The fourth-order valence-corrected chi connectivity index (χ4v) is 4.14. The van der Waals surface area contributed by atoms with Gasteiger partial charge >= 0.3 is 0 Å². The number of benzene rings is 1. The number of rotatable bonds is 19. The van der Waals surface area contributed by atoms with Crippen LogP contribution in [0.2, 0.25) is 0 Å². The first kappa shape index (κ1) is 24.3. The summed E-state index contributed by atoms with van der Waals surface area (Å²) >= 11 is 0. The zero-order valence-electron chi connectivity index (χ0n) is 19.4. The third-order valence-corrected chi connectivity index (χ3v) is 6.14. The van der Waals surface area contributed by atoms with Crippen molar-refractivity contribution in [2.45, 2.75) is 123 Å². The van der Waals surface area contributed by atoms with Gasteiger partial charge in [0.15, 0.2) is 0 Å². The molecule has 0 N–H and O–H groups in total. The molecular weight excluding hydrogens is 356 g/mol. The van der Waals surface area contributed by atoms with Crippen LogP contribution in [0.5, 0.6) is 5.75 Å². The first-order valence-corrected chi connectivity index (χ1v) is 12.7. The molecule has 1 saturated heterocycles. The Bertz CT molecular complexity index is 521. The molecule has 29 heavy (non-hydrogen) atoms. The summed E-state index contributed by atoms with van der Waals surface area (Å²) < 4.78 is 11.5. The number of unbranched alkanes of at least 4 members (excludes halogenated alkanes) is 12. The molecule has 0 spiro atoms. The predicted octanol–water partition coefficient (Wildman–Crippen LogP) is 8.05. The maximum absolute atomic E-state index is 6.16. The first-order valence-electron chi connectivity index (χ1n) is 12.7. The molecule has 1 aliphatic rings. The largest absolute Gasteiger partial charge is 0.490 e. The van der Waals surface area contributed by atoms with E-state index in [9.17, 15) is 0 Å². The quantitative estimate of drug-likeness (QED) is 0.172. The molecule has 1 fully saturated rings. The zero-order valence-corrected chi connectivity index (χ0v) is 19.4. The lowest BCUT2D eigenvalue weighted by Gasteiger charge is -2.16. The normalized spacial score (nSPS) is 15.6. The van der Waals surface area contributed by atoms with E-state index in [-0.39, 0.29) is 0 Å². The predicted molar refractivity (Wildman–Crippen MR) is 125 cm³/mol. The van der Waals surface area contributed by atoms with Gasteiger partial charge in [-0.25, -0.2) is 0 Å². The van der Waals surface area contributed by atoms with Gasteiger partial charge in [0.05, 0.1) is 6.61 Å². The maximum Gasteiger partial charge on any atom is 0.122 e. The minimum absolute atomic E-state index is 0.327. The Kier molecular flexibility index (Phi) is 13.2. The van der Waals surface area contributed by atoms with Gasteiger partial charge in [-0.1, -0.05) is 103 Å². The van der Waals surface area contributed by atoms with Crippen LogP contribution >= 0.6 is 0 Å². The van der Waals surface area contributed by atoms with Gasteiger partial charge in [0, 0.05) is 0 Å². The van der Waals surface area contributed by atoms with Crippen molar-refractivity contribution in [3.63, 3.8) is 0 Å². The molecular formula is C27H46O2. The number of hydrogen-bond donors (Lipinski definition) is 0. The van der Waals surface area contributed by atoms with Crippen LogP contribution in [-0.2, 0) is 17.6 Å². The third kappa shape index (κ3) is 11.1. The van der Waals surface area contributed by atoms with E-state index in [1.165, 1.54) is 114 Å². The maximum atomic E-state index is 6.16. The number of epoxide rings is 1. The van der Waals surface area contributed by atoms with Crippen molar-refractivity contribution in [2.24, 2.45) is 0 Å². The molecule has 1 aromatic rings. The molecule has 2 heteroatoms. The molecule has 2 nitrogen and oxygen atoms in total. The van der Waals surface area contributed by atoms with Crippen molar-refractivity contribution in [1.82, 2.24) is 0 Å². The van der Waals surface area contributed by atoms with E-state index in [1.807, 2.05) is 0 Å². The van der Waals surface area contributed by atoms with Crippen molar-refractivity contribution >= 4 is 0 Å². The Hall–Kier alpha value is -1.02. The molecule has 1 heterocycles. The highest BCUT2D eigenvalue weighted by Crippen LogP contribution is 2.28. The number of aryl methyl sites for hydroxylation is 1. The van der Waals surface area contributed by atoms with E-state index in [2.05, 4.69) is 32.0 Å². The van der Waals surface area contributed by atoms with Crippen LogP contribution in [0.3, 0.4) is 0 Å². The molecule has 1 unspecified atom stereocenters. The lowest BCUT2D eigenvalue weighted by atomic mass is 9.95. The topological polar surface area (TPSA) is 21.8 Å². The molecule has 0 amide bonds. The summed E-state index contributed by atoms with van der Waals surface area (Å²) in [4.78, 5) is 0. The van der Waals surface area contributed by atoms with Crippen molar-refractivity contribution in [1.29, 1.82) is 0 Å². The lowest BCUT2D eigenvalue weighted by molar-refractivity contribution is 0.260. The van der Waals surface area contributed by atoms with Crippen molar-refractivity contribution in [3.8, 4) is 5.75 Å². The van der Waals surface area contributed by atoms with Crippen molar-refractivity contribution < 1.29 is 9.47 Å². The summed E-state index contributed by atoms with van der Waals surface area (Å²) in [7, 11) is 0. The van der Waals surface area contributed by atoms with Crippen LogP contribution in [0, 0.1) is 0 Å². The van der Waals surface area contributed by atoms with Crippen LogP contribution in [0.4, 0.5) is 0 Å². The second-order valence-corrected chi connectivity index (χ2v) is 8.90. The van der Waals surface area contributed by atoms with Gasteiger partial charge in [0.2, 0.25) is 0 Å². The van der Waals surface area contributed by atoms with E-state index < -0.39 is 0 Å². The molecule has 0 radical (unpaired) electrons. The Labute approximate surface area is 180 Å². The fraction of sp³-hybridized carbons (Fsp3) is 0.778. The highest BCUT2D eigenvalue weighted by molar-refractivity contribution is 5.40. The third-order valence-electron chi connectivity index (χ3n) is 6.14. The van der Waals surface area contributed by atoms with E-state index in [4.69, 9.17) is 9.47 Å². The molecule has 1 aromatic carbocycles. The summed E-state index contributed by atoms with van der Waals surface area (Å²) in [6.07, 6.45) is 21.9. The number of hydrogen-bond acceptors (Lipinski definition) is 2. The standard InChI is InChI=1S/C27H46O2/c1-3-5-7-9-11-13-15-18-24-19-17-21-27(29-23-25-22-28-25)26(24)20-16-14-12-10-8-6-4-2/h17,19,21,25H,3-16,18,20,22-23H2,1-2H3. The van der Waals surface area contributed by atoms with Crippen LogP contribution in [0.15, 0.2) is 18.2 Å². The summed E-state index contributed by atoms with van der Waals surface area (Å²) in [5.74, 6) is 1.12. The van der Waals surface area contributed by atoms with Gasteiger partial charge in [0.1, 0.15) is 18.5 Å². The molecule has 0 saturated carbocycles. The van der Waals surface area contributed by atoms with Gasteiger partial charge in [0.25, 0.3) is 0 Å². The molecule has 166 valence electrons. The molecule has 0 aliphatic carbocycles. The van der Waals surface area contributed by atoms with E-state index in [1.54, 1.807) is 0 Å². The highest BCUT2D eigenvalue weighted by Gasteiger charge is 2.23. The van der Waals surface area contributed by atoms with Crippen LogP contribution in [0.25, 0.3) is 0 Å². The van der Waals surface area contributed by atoms with Crippen molar-refractivity contribution in [2.75, 3.05) is 13.2 Å². The Morgan fingerprint density at radius 2 is 1.31 bits per heavy atom. The number of ether oxygens (including phenoxy) is 2. The van der Waals surface area contributed by atoms with Gasteiger partial charge in [-0.15, -0.1) is 0 Å². The van der Waals surface area contributed by atoms with Crippen molar-refractivity contribution in [3.05, 3.63) is 29.3 Å². The van der Waals surface area contributed by atoms with Crippen LogP contribution in [-0.4, -0.2) is 19.3 Å². The SMILES string of the molecule is CCCCCCCCCc1cccc(OCC2CO2)c1CCCCCCCCC. The molecule has 0 bridgehead atoms. The van der Waals surface area contributed by atoms with Crippen LogP contribution in [0.1, 0.15) is 115 Å². The summed E-state index contributed by atoms with van der Waals surface area (Å²) in [5.41, 5.74) is 3.01. The lowest BCUT2D eigenvalue weighted by Crippen LogP contribution is -2.07. The van der Waals surface area contributed by atoms with Gasteiger partial charge in [-0.05, 0) is 42.9 Å². The van der Waals surface area contributed by atoms with Crippen LogP contribution < -0.4 is 4.74 Å². The molecule has 2 rings (SSSR count). The first-order chi connectivity index (χ1) is 14.3. The average molecular weight is 403 g/mol. The van der Waals surface area contributed by atoms with Gasteiger partial charge in [-0.2, -0.15) is 0 Å². The van der Waals surface area contributed by atoms with Gasteiger partial charge < -0.3 is 9.47 Å². The summed E-state index contributed by atoms with van der Waals surface area (Å²) in [6, 6.07) is 6.70. The molecule has 1 aliphatic heterocycles. The van der Waals surface area contributed by atoms with E-state index in [0.717, 1.165) is 12.4 Å². The molecule has 1 atom stereocenters. The summed E-state index contributed by atoms with van der Waals surface area (Å²) in [6.45, 7) is 6.16. The van der Waals surface area contributed by atoms with Gasteiger partial charge in [-0.3, -0.25) is 0 Å².